The second-order valence-electron chi connectivity index (χ2n) is 1.80. The summed E-state index contributed by atoms with van der Waals surface area (Å²) in [6.45, 7) is 6.12. The molecule has 0 unspecified atom stereocenters. The van der Waals surface area contributed by atoms with Crippen LogP contribution in [0.1, 0.15) is 20.8 Å². The highest BCUT2D eigenvalue weighted by atomic mass is 32.1. The van der Waals surface area contributed by atoms with Crippen LogP contribution in [0, 0.1) is 0 Å². The molecule has 0 aliphatic heterocycles. The van der Waals surface area contributed by atoms with Crippen LogP contribution in [0.5, 0.6) is 0 Å². The largest absolute Gasteiger partial charge is 0.0884 e. The van der Waals surface area contributed by atoms with Crippen molar-refractivity contribution in [1.82, 2.24) is 0 Å². The summed E-state index contributed by atoms with van der Waals surface area (Å²) < 4.78 is 0. The lowest BCUT2D eigenvalue weighted by Crippen LogP contribution is -1.75. The Labute approximate surface area is 50.2 Å². The lowest BCUT2D eigenvalue weighted by atomic mass is 10.2. The van der Waals surface area contributed by atoms with Crippen LogP contribution in [-0.4, -0.2) is 5.37 Å². The van der Waals surface area contributed by atoms with Gasteiger partial charge in [0.15, 0.2) is 0 Å². The summed E-state index contributed by atoms with van der Waals surface area (Å²) in [7, 11) is 0. The van der Waals surface area contributed by atoms with Crippen molar-refractivity contribution in [3.8, 4) is 0 Å². The molecule has 0 aromatic rings. The van der Waals surface area contributed by atoms with Crippen molar-refractivity contribution in [1.29, 1.82) is 0 Å². The van der Waals surface area contributed by atoms with Gasteiger partial charge in [0.1, 0.15) is 0 Å². The first kappa shape index (κ1) is 6.83. The molecule has 0 spiro atoms. The molecule has 0 saturated carbocycles. The van der Waals surface area contributed by atoms with Crippen molar-refractivity contribution in [2.75, 3.05) is 0 Å². The maximum absolute atomic E-state index is 4.67. The molecule has 0 N–H and O–H groups in total. The van der Waals surface area contributed by atoms with E-state index in [0.29, 0.717) is 0 Å². The van der Waals surface area contributed by atoms with Crippen LogP contribution in [0.15, 0.2) is 11.1 Å². The molecule has 0 nitrogen and oxygen atoms in total. The summed E-state index contributed by atoms with van der Waals surface area (Å²) in [5.74, 6) is 0. The zero-order valence-corrected chi connectivity index (χ0v) is 5.80. The van der Waals surface area contributed by atoms with Crippen molar-refractivity contribution in [2.24, 2.45) is 0 Å². The topological polar surface area (TPSA) is 0 Å². The van der Waals surface area contributed by atoms with Gasteiger partial charge in [0.25, 0.3) is 0 Å². The van der Waals surface area contributed by atoms with E-state index < -0.39 is 0 Å². The van der Waals surface area contributed by atoms with Crippen LogP contribution >= 0.6 is 12.2 Å². The Morgan fingerprint density at radius 1 is 1.29 bits per heavy atom. The van der Waals surface area contributed by atoms with E-state index >= 15 is 0 Å². The van der Waals surface area contributed by atoms with E-state index in [9.17, 15) is 0 Å². The number of allylic oxidation sites excluding steroid dienone is 2. The standard InChI is InChI=1S/C6H10S/c1-5(2)6(3)4-7/h4H,1-3H3. The van der Waals surface area contributed by atoms with Gasteiger partial charge in [-0.1, -0.05) is 17.8 Å². The fraction of sp³-hybridized carbons (Fsp3) is 0.500. The molecule has 7 heavy (non-hydrogen) atoms. The molecule has 1 heteroatoms. The Hall–Kier alpha value is -0.170. The fourth-order valence-electron chi connectivity index (χ4n) is 0.118. The van der Waals surface area contributed by atoms with Gasteiger partial charge in [-0.15, -0.1) is 0 Å². The van der Waals surface area contributed by atoms with Crippen molar-refractivity contribution in [3.05, 3.63) is 11.1 Å². The lowest BCUT2D eigenvalue weighted by molar-refractivity contribution is 1.33. The minimum Gasteiger partial charge on any atom is -0.0884 e. The highest BCUT2D eigenvalue weighted by Crippen LogP contribution is 1.96. The molecule has 0 fully saturated rings. The van der Waals surface area contributed by atoms with Gasteiger partial charge >= 0.3 is 0 Å². The van der Waals surface area contributed by atoms with Crippen molar-refractivity contribution >= 4 is 17.6 Å². The highest BCUT2D eigenvalue weighted by molar-refractivity contribution is 7.79. The molecule has 0 aromatic carbocycles. The van der Waals surface area contributed by atoms with Crippen LogP contribution in [0.3, 0.4) is 0 Å². The van der Waals surface area contributed by atoms with Crippen LogP contribution in [0.25, 0.3) is 0 Å². The quantitative estimate of drug-likeness (QED) is 0.372. The Balaban J connectivity index is 3.98. The molecule has 0 amide bonds. The van der Waals surface area contributed by atoms with Gasteiger partial charge in [0, 0.05) is 5.37 Å². The SMILES string of the molecule is CC(C)=C(C)C=S. The smallest absolute Gasteiger partial charge is 0.00421 e. The third-order valence-electron chi connectivity index (χ3n) is 0.965. The van der Waals surface area contributed by atoms with Gasteiger partial charge in [0.05, 0.1) is 0 Å². The second kappa shape index (κ2) is 2.92. The highest BCUT2D eigenvalue weighted by Gasteiger charge is 1.80. The second-order valence-corrected chi connectivity index (χ2v) is 2.04. The van der Waals surface area contributed by atoms with Gasteiger partial charge in [-0.25, -0.2) is 0 Å². The summed E-state index contributed by atoms with van der Waals surface area (Å²) in [5, 5.41) is 1.70. The van der Waals surface area contributed by atoms with Gasteiger partial charge in [-0.3, -0.25) is 0 Å². The van der Waals surface area contributed by atoms with E-state index in [1.54, 1.807) is 5.37 Å². The molecule has 0 saturated heterocycles. The van der Waals surface area contributed by atoms with E-state index in [0.717, 1.165) is 0 Å². The van der Waals surface area contributed by atoms with E-state index in [4.69, 9.17) is 0 Å². The molecule has 0 aliphatic rings. The Morgan fingerprint density at radius 2 is 1.71 bits per heavy atom. The third-order valence-corrected chi connectivity index (χ3v) is 1.32. The average molecular weight is 114 g/mol. The molecule has 0 atom stereocenters. The summed E-state index contributed by atoms with van der Waals surface area (Å²) in [6, 6.07) is 0. The van der Waals surface area contributed by atoms with E-state index in [-0.39, 0.29) is 0 Å². The average Bonchev–Trinajstić information content (AvgIpc) is 1.65. The third kappa shape index (κ3) is 2.52. The molecule has 0 radical (unpaired) electrons. The molecule has 0 heterocycles. The lowest BCUT2D eigenvalue weighted by Gasteiger charge is -1.89. The molecule has 0 aliphatic carbocycles. The normalized spacial score (nSPS) is 7.86. The van der Waals surface area contributed by atoms with Crippen molar-refractivity contribution in [3.63, 3.8) is 0 Å². The first-order chi connectivity index (χ1) is 3.18. The maximum Gasteiger partial charge on any atom is 0.00421 e. The fourth-order valence-corrected chi connectivity index (χ4v) is 0.354. The number of hydrogen-bond acceptors (Lipinski definition) is 1. The molecule has 0 aromatic heterocycles. The Morgan fingerprint density at radius 3 is 1.71 bits per heavy atom. The minimum absolute atomic E-state index is 1.20. The summed E-state index contributed by atoms with van der Waals surface area (Å²) in [5.41, 5.74) is 2.50. The van der Waals surface area contributed by atoms with E-state index in [1.807, 2.05) is 6.92 Å². The van der Waals surface area contributed by atoms with E-state index in [2.05, 4.69) is 26.1 Å². The first-order valence-electron chi connectivity index (χ1n) is 2.27. The van der Waals surface area contributed by atoms with E-state index in [1.165, 1.54) is 11.1 Å². The number of hydrogen-bond donors (Lipinski definition) is 0. The number of rotatable bonds is 1. The monoisotopic (exact) mass is 114 g/mol. The van der Waals surface area contributed by atoms with Gasteiger partial charge in [-0.05, 0) is 26.3 Å². The van der Waals surface area contributed by atoms with Crippen molar-refractivity contribution < 1.29 is 0 Å². The Bertz CT molecular complexity index is 96.7. The number of thiocarbonyl (C=S) groups is 1. The zero-order chi connectivity index (χ0) is 5.86. The molecule has 40 valence electrons. The van der Waals surface area contributed by atoms with Gasteiger partial charge in [0.2, 0.25) is 0 Å². The predicted molar refractivity (Wildman–Crippen MR) is 37.7 cm³/mol. The van der Waals surface area contributed by atoms with Crippen LogP contribution in [0.4, 0.5) is 0 Å². The molecular weight excluding hydrogens is 104 g/mol. The molecule has 0 rings (SSSR count). The Kier molecular flexibility index (Phi) is 2.84. The minimum atomic E-state index is 1.20. The van der Waals surface area contributed by atoms with Crippen molar-refractivity contribution in [2.45, 2.75) is 20.8 Å². The van der Waals surface area contributed by atoms with Crippen LogP contribution in [-0.2, 0) is 0 Å². The van der Waals surface area contributed by atoms with Crippen LogP contribution < -0.4 is 0 Å². The summed E-state index contributed by atoms with van der Waals surface area (Å²) >= 11 is 4.67. The van der Waals surface area contributed by atoms with Gasteiger partial charge in [-0.2, -0.15) is 0 Å². The molecular formula is C6H10S. The maximum atomic E-state index is 4.67. The summed E-state index contributed by atoms with van der Waals surface area (Å²) in [4.78, 5) is 0. The van der Waals surface area contributed by atoms with Gasteiger partial charge < -0.3 is 0 Å². The summed E-state index contributed by atoms with van der Waals surface area (Å²) in [6.07, 6.45) is 0. The molecule has 0 bridgehead atoms. The first-order valence-corrected chi connectivity index (χ1v) is 2.75. The van der Waals surface area contributed by atoms with Crippen LogP contribution in [0.2, 0.25) is 0 Å². The predicted octanol–water partition coefficient (Wildman–Crippen LogP) is 2.34. The zero-order valence-electron chi connectivity index (χ0n) is 4.99.